The molecule has 5 nitrogen and oxygen atoms in total. The molecule has 0 spiro atoms. The fourth-order valence-corrected chi connectivity index (χ4v) is 2.00. The van der Waals surface area contributed by atoms with E-state index in [1.54, 1.807) is 12.2 Å². The van der Waals surface area contributed by atoms with Gasteiger partial charge in [-0.15, -0.1) is 0 Å². The zero-order valence-electron chi connectivity index (χ0n) is 11.3. The smallest absolute Gasteiger partial charge is 0.846 e. The van der Waals surface area contributed by atoms with Gasteiger partial charge in [-0.05, 0) is 25.7 Å². The molecule has 1 N–H and O–H groups in total. The van der Waals surface area contributed by atoms with Crippen molar-refractivity contribution in [1.29, 1.82) is 0 Å². The van der Waals surface area contributed by atoms with Gasteiger partial charge >= 0.3 is 29.6 Å². The predicted octanol–water partition coefficient (Wildman–Crippen LogP) is -2.64. The molecule has 0 fully saturated rings. The number of aliphatic imine (C=N–C) groups is 1. The van der Waals surface area contributed by atoms with Crippen LogP contribution in [0.4, 0.5) is 0 Å². The van der Waals surface area contributed by atoms with Crippen LogP contribution in [0.5, 0.6) is 0 Å². The van der Waals surface area contributed by atoms with E-state index in [4.69, 9.17) is 0 Å². The molecule has 1 rings (SSSR count). The Balaban J connectivity index is 0.00000289. The second-order valence-electron chi connectivity index (χ2n) is 4.63. The Morgan fingerprint density at radius 3 is 2.50 bits per heavy atom. The van der Waals surface area contributed by atoms with Crippen molar-refractivity contribution < 1.29 is 44.3 Å². The van der Waals surface area contributed by atoms with Gasteiger partial charge in [0.15, 0.2) is 0 Å². The molecule has 94 valence electrons. The number of hydrogen-bond donors (Lipinski definition) is 1. The molecule has 1 heterocycles. The van der Waals surface area contributed by atoms with E-state index in [2.05, 4.69) is 10.3 Å². The summed E-state index contributed by atoms with van der Waals surface area (Å²) in [5.74, 6) is -0.995. The first kappa shape index (κ1) is 17.4. The molecule has 18 heavy (non-hydrogen) atoms. The van der Waals surface area contributed by atoms with Crippen LogP contribution in [0.2, 0.25) is 0 Å². The Morgan fingerprint density at radius 2 is 2.06 bits per heavy atom. The van der Waals surface area contributed by atoms with Gasteiger partial charge in [0.05, 0.1) is 6.02 Å². The van der Waals surface area contributed by atoms with Crippen molar-refractivity contribution in [2.45, 2.75) is 33.6 Å². The summed E-state index contributed by atoms with van der Waals surface area (Å²) < 4.78 is 0. The molecule has 0 aromatic carbocycles. The maximum absolute atomic E-state index is 11.9. The monoisotopic (exact) mass is 260 g/mol. The molecule has 1 atom stereocenters. The van der Waals surface area contributed by atoms with Crippen molar-refractivity contribution >= 4 is 17.8 Å². The van der Waals surface area contributed by atoms with E-state index in [0.29, 0.717) is 6.42 Å². The van der Waals surface area contributed by atoms with Gasteiger partial charge in [0.2, 0.25) is 5.91 Å². The van der Waals surface area contributed by atoms with E-state index in [-0.39, 0.29) is 41.9 Å². The average molecular weight is 260 g/mol. The third-order valence-corrected chi connectivity index (χ3v) is 2.73. The molecule has 0 aliphatic carbocycles. The number of hydrogen-bond acceptors (Lipinski definition) is 3. The first-order chi connectivity index (χ1) is 7.92. The molecule has 1 aliphatic heterocycles. The number of amidine groups is 1. The normalized spacial score (nSPS) is 23.9. The van der Waals surface area contributed by atoms with Gasteiger partial charge in [0.1, 0.15) is 5.41 Å². The summed E-state index contributed by atoms with van der Waals surface area (Å²) in [5.41, 5.74) is -1.21. The Hall–Kier alpha value is -0.650. The molecule has 0 aromatic rings. The number of carbonyl (C=O) groups is 2. The van der Waals surface area contributed by atoms with E-state index in [0.717, 1.165) is 0 Å². The van der Waals surface area contributed by atoms with Crippen LogP contribution in [0.15, 0.2) is 17.1 Å². The fraction of sp³-hybridized carbons (Fsp3) is 0.583. The largest absolute Gasteiger partial charge is 1.00 e. The maximum atomic E-state index is 11.9. The first-order valence-electron chi connectivity index (χ1n) is 5.65. The number of rotatable bonds is 4. The summed E-state index contributed by atoms with van der Waals surface area (Å²) in [6.45, 7) is 5.67. The summed E-state index contributed by atoms with van der Waals surface area (Å²) in [6.07, 6.45) is 4.20. The number of allylic oxidation sites excluding steroid dienone is 2. The predicted molar refractivity (Wildman–Crippen MR) is 61.9 cm³/mol. The minimum absolute atomic E-state index is 0. The molecule has 0 saturated heterocycles. The first-order valence-corrected chi connectivity index (χ1v) is 5.65. The number of amides is 2. The van der Waals surface area contributed by atoms with Gasteiger partial charge in [-0.2, -0.15) is 0 Å². The van der Waals surface area contributed by atoms with Gasteiger partial charge < -0.3 is 10.4 Å². The number of nitrogens with zero attached hydrogens (tertiary/aromatic N) is 1. The van der Waals surface area contributed by atoms with Crippen LogP contribution in [-0.4, -0.2) is 17.8 Å². The average Bonchev–Trinajstić information content (AvgIpc) is 2.21. The summed E-state index contributed by atoms with van der Waals surface area (Å²) in [5, 5.41) is 13.1. The van der Waals surface area contributed by atoms with Crippen molar-refractivity contribution in [3.05, 3.63) is 12.2 Å². The minimum atomic E-state index is -1.21. The number of nitrogens with one attached hydrogen (secondary N) is 1. The molecule has 6 heteroatoms. The van der Waals surface area contributed by atoms with Crippen molar-refractivity contribution in [3.8, 4) is 0 Å². The van der Waals surface area contributed by atoms with Gasteiger partial charge in [-0.1, -0.05) is 26.0 Å². The van der Waals surface area contributed by atoms with Gasteiger partial charge in [-0.25, -0.2) is 4.99 Å². The van der Waals surface area contributed by atoms with E-state index in [1.165, 1.54) is 0 Å². The topological polar surface area (TPSA) is 81.6 Å². The van der Waals surface area contributed by atoms with Gasteiger partial charge in [0.25, 0.3) is 5.91 Å². The van der Waals surface area contributed by atoms with Crippen LogP contribution in [0.1, 0.15) is 33.6 Å². The molecule has 0 aromatic heterocycles. The zero-order chi connectivity index (χ0) is 13.1. The van der Waals surface area contributed by atoms with Crippen molar-refractivity contribution in [2.24, 2.45) is 16.3 Å². The molecule has 0 bridgehead atoms. The number of carbonyl (C=O) groups excluding carboxylic acids is 2. The van der Waals surface area contributed by atoms with Crippen LogP contribution in [0.25, 0.3) is 0 Å². The minimum Gasteiger partial charge on any atom is -0.846 e. The maximum Gasteiger partial charge on any atom is 1.00 e. The van der Waals surface area contributed by atoms with Crippen LogP contribution < -0.4 is 40.0 Å². The summed E-state index contributed by atoms with van der Waals surface area (Å²) in [7, 11) is 0. The molecule has 1 aliphatic rings. The quantitative estimate of drug-likeness (QED) is 0.341. The molecule has 0 saturated carbocycles. The summed E-state index contributed by atoms with van der Waals surface area (Å²) >= 11 is 0. The molecule has 1 unspecified atom stereocenters. The third kappa shape index (κ3) is 3.67. The molecular formula is C12H17N2NaO3. The Bertz CT molecular complexity index is 391. The van der Waals surface area contributed by atoms with Gasteiger partial charge in [0, 0.05) is 0 Å². The summed E-state index contributed by atoms with van der Waals surface area (Å²) in [4.78, 5) is 27.2. The summed E-state index contributed by atoms with van der Waals surface area (Å²) in [6, 6.07) is -0.861. The standard InChI is InChI=1S/C12H18N2O3.Na/c1-4-5-6-12(7-8(2)3)9(15)13-11(17)14-10(12)16;/h4-5,8H,6-7H2,1-3H3,(H2,13,14,15,16,17);/q;+1/p-1/b5-4+;. The van der Waals surface area contributed by atoms with E-state index < -0.39 is 23.3 Å². The Morgan fingerprint density at radius 1 is 1.44 bits per heavy atom. The Kier molecular flexibility index (Phi) is 6.81. The third-order valence-electron chi connectivity index (χ3n) is 2.73. The van der Waals surface area contributed by atoms with E-state index in [1.807, 2.05) is 20.8 Å². The SMILES string of the molecule is C/C=C/CC1(CC(C)C)C(=O)N=C([O-])NC1=O.[Na+]. The van der Waals surface area contributed by atoms with E-state index in [9.17, 15) is 14.7 Å². The van der Waals surface area contributed by atoms with Crippen LogP contribution >= 0.6 is 0 Å². The molecular weight excluding hydrogens is 243 g/mol. The van der Waals surface area contributed by atoms with E-state index >= 15 is 0 Å². The second kappa shape index (κ2) is 7.07. The second-order valence-corrected chi connectivity index (χ2v) is 4.63. The van der Waals surface area contributed by atoms with Crippen LogP contribution in [0.3, 0.4) is 0 Å². The Labute approximate surface area is 129 Å². The zero-order valence-corrected chi connectivity index (χ0v) is 13.3. The van der Waals surface area contributed by atoms with Crippen LogP contribution in [-0.2, 0) is 9.59 Å². The molecule has 0 radical (unpaired) electrons. The van der Waals surface area contributed by atoms with Crippen molar-refractivity contribution in [1.82, 2.24) is 5.32 Å². The molecule has 2 amide bonds. The van der Waals surface area contributed by atoms with Crippen molar-refractivity contribution in [2.75, 3.05) is 0 Å². The van der Waals surface area contributed by atoms with Gasteiger partial charge in [-0.3, -0.25) is 9.59 Å². The fourth-order valence-electron chi connectivity index (χ4n) is 2.00. The van der Waals surface area contributed by atoms with Crippen LogP contribution in [0, 0.1) is 11.3 Å². The van der Waals surface area contributed by atoms with Crippen molar-refractivity contribution in [3.63, 3.8) is 0 Å².